The molecule has 198 valence electrons. The summed E-state index contributed by atoms with van der Waals surface area (Å²) < 4.78 is 40.4. The summed E-state index contributed by atoms with van der Waals surface area (Å²) in [6, 6.07) is 10.9. The molecule has 0 aliphatic heterocycles. The van der Waals surface area contributed by atoms with Crippen LogP contribution in [0.25, 0.3) is 11.4 Å². The fourth-order valence-corrected chi connectivity index (χ4v) is 3.98. The largest absolute Gasteiger partial charge is 0.416 e. The first-order chi connectivity index (χ1) is 17.4. The van der Waals surface area contributed by atoms with Crippen molar-refractivity contribution in [3.63, 3.8) is 0 Å². The summed E-state index contributed by atoms with van der Waals surface area (Å²) in [4.78, 5) is 37.1. The highest BCUT2D eigenvalue weighted by atomic mass is 35.5. The first-order valence-electron chi connectivity index (χ1n) is 10.9. The number of benzene rings is 2. The van der Waals surface area contributed by atoms with E-state index in [1.54, 1.807) is 24.3 Å². The second-order valence-electron chi connectivity index (χ2n) is 8.10. The Labute approximate surface area is 218 Å². The number of carbonyl (C=O) groups is 2. The van der Waals surface area contributed by atoms with Crippen molar-refractivity contribution in [1.29, 1.82) is 0 Å². The quantitative estimate of drug-likeness (QED) is 0.348. The van der Waals surface area contributed by atoms with Crippen LogP contribution in [0, 0.1) is 0 Å². The topological polar surface area (TPSA) is 132 Å². The molecule has 37 heavy (non-hydrogen) atoms. The van der Waals surface area contributed by atoms with Gasteiger partial charge in [-0.25, -0.2) is 14.3 Å². The van der Waals surface area contributed by atoms with E-state index < -0.39 is 48.9 Å². The summed E-state index contributed by atoms with van der Waals surface area (Å²) in [5.74, 6) is -0.670. The van der Waals surface area contributed by atoms with Gasteiger partial charge in [-0.05, 0) is 42.3 Å². The number of nitrogens with zero attached hydrogens (tertiary/aromatic N) is 3. The van der Waals surface area contributed by atoms with Gasteiger partial charge in [0.15, 0.2) is 17.7 Å². The number of primary amides is 1. The van der Waals surface area contributed by atoms with E-state index in [4.69, 9.17) is 28.9 Å². The van der Waals surface area contributed by atoms with Gasteiger partial charge in [0, 0.05) is 22.0 Å². The van der Waals surface area contributed by atoms with E-state index in [-0.39, 0.29) is 24.2 Å². The van der Waals surface area contributed by atoms with Crippen molar-refractivity contribution < 1.29 is 27.9 Å². The molecule has 0 aliphatic rings. The van der Waals surface area contributed by atoms with Crippen molar-refractivity contribution in [1.82, 2.24) is 19.7 Å². The SMILES string of the molecule is NC(=O)NC(CCC(=O)Cn1nc(-c2ccc(Cl)cc2)n(C[C@H](O)C(F)(F)F)c1=O)c1ccccc1Cl. The fourth-order valence-electron chi connectivity index (χ4n) is 3.58. The van der Waals surface area contributed by atoms with Crippen molar-refractivity contribution in [2.45, 2.75) is 44.3 Å². The van der Waals surface area contributed by atoms with E-state index in [9.17, 15) is 32.7 Å². The second kappa shape index (κ2) is 11.8. The average molecular weight is 560 g/mol. The van der Waals surface area contributed by atoms with E-state index in [1.807, 2.05) is 0 Å². The first-order valence-corrected chi connectivity index (χ1v) is 11.6. The molecule has 0 radical (unpaired) electrons. The molecule has 2 amide bonds. The van der Waals surface area contributed by atoms with Crippen LogP contribution in [-0.2, 0) is 17.9 Å². The smallest absolute Gasteiger partial charge is 0.382 e. The maximum Gasteiger partial charge on any atom is 0.416 e. The minimum absolute atomic E-state index is 0.0811. The Hall–Kier alpha value is -3.35. The molecule has 1 unspecified atom stereocenters. The van der Waals surface area contributed by atoms with Gasteiger partial charge in [0.1, 0.15) is 6.54 Å². The van der Waals surface area contributed by atoms with Crippen molar-refractivity contribution in [2.24, 2.45) is 5.73 Å². The minimum atomic E-state index is -4.98. The molecule has 14 heteroatoms. The van der Waals surface area contributed by atoms with Gasteiger partial charge in [-0.1, -0.05) is 41.4 Å². The molecule has 9 nitrogen and oxygen atoms in total. The van der Waals surface area contributed by atoms with Crippen LogP contribution >= 0.6 is 23.2 Å². The number of hydrogen-bond donors (Lipinski definition) is 3. The lowest BCUT2D eigenvalue weighted by atomic mass is 10.0. The predicted molar refractivity (Wildman–Crippen MR) is 130 cm³/mol. The number of ketones is 1. The van der Waals surface area contributed by atoms with Crippen LogP contribution in [0.1, 0.15) is 24.4 Å². The summed E-state index contributed by atoms with van der Waals surface area (Å²) in [7, 11) is 0. The molecule has 2 aromatic carbocycles. The number of Topliss-reactive ketones (excluding diaryl/α,β-unsaturated/α-hetero) is 1. The lowest BCUT2D eigenvalue weighted by Crippen LogP contribution is -2.37. The molecule has 0 bridgehead atoms. The normalized spacial score (nSPS) is 13.2. The summed E-state index contributed by atoms with van der Waals surface area (Å²) >= 11 is 12.1. The zero-order valence-corrected chi connectivity index (χ0v) is 20.6. The van der Waals surface area contributed by atoms with E-state index in [0.29, 0.717) is 20.2 Å². The van der Waals surface area contributed by atoms with Gasteiger partial charge < -0.3 is 16.2 Å². The standard InChI is InChI=1S/C23H22Cl2F3N5O4/c24-14-7-5-13(6-8-14)20-31-33(22(37)32(20)12-19(35)23(26,27)28)11-15(34)9-10-18(30-21(29)36)16-3-1-2-4-17(16)25/h1-8,18-19,35H,9-12H2,(H3,29,30,36)/t18?,19-/m0/s1. The Balaban J connectivity index is 1.84. The number of carbonyl (C=O) groups excluding carboxylic acids is 2. The maximum absolute atomic E-state index is 13.0. The van der Waals surface area contributed by atoms with Crippen LogP contribution in [0.3, 0.4) is 0 Å². The number of hydrogen-bond acceptors (Lipinski definition) is 5. The third-order valence-electron chi connectivity index (χ3n) is 5.39. The number of aromatic nitrogens is 3. The molecule has 2 atom stereocenters. The molecule has 0 spiro atoms. The zero-order valence-electron chi connectivity index (χ0n) is 19.1. The maximum atomic E-state index is 13.0. The van der Waals surface area contributed by atoms with Crippen LogP contribution in [-0.4, -0.2) is 43.5 Å². The third kappa shape index (κ3) is 7.34. The van der Waals surface area contributed by atoms with Crippen LogP contribution < -0.4 is 16.7 Å². The van der Waals surface area contributed by atoms with Crippen LogP contribution in [0.5, 0.6) is 0 Å². The molecular weight excluding hydrogens is 538 g/mol. The predicted octanol–water partition coefficient (Wildman–Crippen LogP) is 3.70. The van der Waals surface area contributed by atoms with Crippen molar-refractivity contribution in [3.05, 3.63) is 74.6 Å². The van der Waals surface area contributed by atoms with E-state index in [1.165, 1.54) is 24.3 Å². The second-order valence-corrected chi connectivity index (χ2v) is 8.94. The highest BCUT2D eigenvalue weighted by Gasteiger charge is 2.39. The summed E-state index contributed by atoms with van der Waals surface area (Å²) in [5.41, 5.74) is 5.01. The molecule has 0 saturated heterocycles. The summed E-state index contributed by atoms with van der Waals surface area (Å²) in [6.45, 7) is -1.67. The van der Waals surface area contributed by atoms with Crippen molar-refractivity contribution in [3.8, 4) is 11.4 Å². The Morgan fingerprint density at radius 1 is 1.11 bits per heavy atom. The third-order valence-corrected chi connectivity index (χ3v) is 5.99. The number of halogens is 5. The number of nitrogens with two attached hydrogens (primary N) is 1. The molecule has 1 aromatic heterocycles. The lowest BCUT2D eigenvalue weighted by molar-refractivity contribution is -0.207. The molecule has 0 aliphatic carbocycles. The number of rotatable bonds is 10. The Bertz CT molecular complexity index is 1330. The highest BCUT2D eigenvalue weighted by molar-refractivity contribution is 6.31. The van der Waals surface area contributed by atoms with Crippen LogP contribution in [0.2, 0.25) is 10.0 Å². The molecule has 1 heterocycles. The van der Waals surface area contributed by atoms with Gasteiger partial charge in [-0.15, -0.1) is 5.10 Å². The van der Waals surface area contributed by atoms with Gasteiger partial charge >= 0.3 is 17.9 Å². The molecule has 3 aromatic rings. The Morgan fingerprint density at radius 2 is 1.76 bits per heavy atom. The number of nitrogens with one attached hydrogen (secondary N) is 1. The zero-order chi connectivity index (χ0) is 27.3. The van der Waals surface area contributed by atoms with Crippen molar-refractivity contribution >= 4 is 35.0 Å². The van der Waals surface area contributed by atoms with Crippen LogP contribution in [0.4, 0.5) is 18.0 Å². The van der Waals surface area contributed by atoms with Gasteiger partial charge in [0.05, 0.1) is 12.6 Å². The average Bonchev–Trinajstić information content (AvgIpc) is 3.11. The number of alkyl halides is 3. The molecule has 4 N–H and O–H groups in total. The lowest BCUT2D eigenvalue weighted by Gasteiger charge is -2.18. The van der Waals surface area contributed by atoms with Gasteiger partial charge in [-0.2, -0.15) is 13.2 Å². The van der Waals surface area contributed by atoms with Crippen molar-refractivity contribution in [2.75, 3.05) is 0 Å². The van der Waals surface area contributed by atoms with E-state index >= 15 is 0 Å². The Morgan fingerprint density at radius 3 is 2.35 bits per heavy atom. The monoisotopic (exact) mass is 559 g/mol. The fraction of sp³-hybridized carbons (Fsp3) is 0.304. The molecule has 0 fully saturated rings. The van der Waals surface area contributed by atoms with E-state index in [2.05, 4.69) is 10.4 Å². The molecule has 3 rings (SSSR count). The number of urea groups is 1. The Kier molecular flexibility index (Phi) is 9.00. The first kappa shape index (κ1) is 28.2. The molecular formula is C23H22Cl2F3N5O4. The molecule has 0 saturated carbocycles. The van der Waals surface area contributed by atoms with Gasteiger partial charge in [0.2, 0.25) is 0 Å². The number of amides is 2. The van der Waals surface area contributed by atoms with Crippen LogP contribution in [0.15, 0.2) is 53.3 Å². The van der Waals surface area contributed by atoms with Gasteiger partial charge in [0.25, 0.3) is 0 Å². The highest BCUT2D eigenvalue weighted by Crippen LogP contribution is 2.27. The van der Waals surface area contributed by atoms with E-state index in [0.717, 1.165) is 4.68 Å². The summed E-state index contributed by atoms with van der Waals surface area (Å²) in [6.07, 6.45) is -7.87. The minimum Gasteiger partial charge on any atom is -0.382 e. The number of aliphatic hydroxyl groups is 1. The summed E-state index contributed by atoms with van der Waals surface area (Å²) in [5, 5.41) is 16.8. The number of aliphatic hydroxyl groups excluding tert-OH is 1. The van der Waals surface area contributed by atoms with Gasteiger partial charge in [-0.3, -0.25) is 9.36 Å².